The van der Waals surface area contributed by atoms with Gasteiger partial charge in [-0.3, -0.25) is 4.79 Å². The molecule has 180 valence electrons. The van der Waals surface area contributed by atoms with E-state index in [1.165, 1.54) is 22.3 Å². The van der Waals surface area contributed by atoms with E-state index in [1.54, 1.807) is 4.90 Å². The van der Waals surface area contributed by atoms with Crippen LogP contribution in [-0.2, 0) is 19.1 Å². The summed E-state index contributed by atoms with van der Waals surface area (Å²) in [6.07, 6.45) is 1.17. The van der Waals surface area contributed by atoms with E-state index >= 15 is 0 Å². The van der Waals surface area contributed by atoms with Gasteiger partial charge in [0.1, 0.15) is 6.61 Å². The van der Waals surface area contributed by atoms with Gasteiger partial charge in [0.2, 0.25) is 5.91 Å². The molecule has 0 saturated carbocycles. The summed E-state index contributed by atoms with van der Waals surface area (Å²) >= 11 is 0. The van der Waals surface area contributed by atoms with Crippen molar-refractivity contribution >= 4 is 18.0 Å². The number of unbranched alkanes of at least 4 members (excludes halogenated alkanes) is 2. The number of nitrogens with one attached hydrogen (secondary N) is 1. The number of ether oxygens (including phenoxy) is 2. The molecule has 0 spiro atoms. The van der Waals surface area contributed by atoms with Crippen molar-refractivity contribution in [3.63, 3.8) is 0 Å². The van der Waals surface area contributed by atoms with E-state index in [1.807, 2.05) is 24.3 Å². The Labute approximate surface area is 198 Å². The van der Waals surface area contributed by atoms with E-state index in [2.05, 4.69) is 29.6 Å². The fourth-order valence-electron chi connectivity index (χ4n) is 4.60. The van der Waals surface area contributed by atoms with Crippen LogP contribution in [-0.4, -0.2) is 66.9 Å². The molecule has 1 unspecified atom stereocenters. The first kappa shape index (κ1) is 23.8. The van der Waals surface area contributed by atoms with Crippen molar-refractivity contribution in [1.29, 1.82) is 0 Å². The zero-order valence-corrected chi connectivity index (χ0v) is 19.1. The van der Waals surface area contributed by atoms with Crippen LogP contribution >= 0.6 is 0 Å². The summed E-state index contributed by atoms with van der Waals surface area (Å²) in [4.78, 5) is 37.1. The number of hydrogen-bond acceptors (Lipinski definition) is 5. The lowest BCUT2D eigenvalue weighted by Crippen LogP contribution is -2.48. The minimum absolute atomic E-state index is 0.0325. The number of carboxylic acids is 1. The van der Waals surface area contributed by atoms with Crippen molar-refractivity contribution in [3.05, 3.63) is 59.7 Å². The maximum Gasteiger partial charge on any atom is 0.407 e. The molecule has 0 radical (unpaired) electrons. The van der Waals surface area contributed by atoms with Gasteiger partial charge in [0.25, 0.3) is 0 Å². The second kappa shape index (κ2) is 11.2. The van der Waals surface area contributed by atoms with Crippen molar-refractivity contribution < 1.29 is 29.0 Å². The van der Waals surface area contributed by atoms with Crippen LogP contribution in [0.5, 0.6) is 0 Å². The Morgan fingerprint density at radius 2 is 1.68 bits per heavy atom. The summed E-state index contributed by atoms with van der Waals surface area (Å²) in [6.45, 7) is 1.52. The molecule has 4 rings (SSSR count). The molecule has 1 aliphatic carbocycles. The molecular formula is C26H30N2O6. The maximum absolute atomic E-state index is 12.3. The number of rotatable bonds is 9. The lowest BCUT2D eigenvalue weighted by atomic mass is 9.98. The number of alkyl carbamates (subject to hydrolysis) is 1. The summed E-state index contributed by atoms with van der Waals surface area (Å²) in [7, 11) is 0. The largest absolute Gasteiger partial charge is 0.479 e. The highest BCUT2D eigenvalue weighted by Crippen LogP contribution is 2.44. The molecule has 2 N–H and O–H groups in total. The number of hydrogen-bond donors (Lipinski definition) is 2. The third-order valence-electron chi connectivity index (χ3n) is 6.38. The SMILES string of the molecule is O=C(NCCCCCC(=O)N1CCOC(C(=O)O)C1)OCC1c2ccccc2-c2ccccc21. The average molecular weight is 467 g/mol. The molecule has 34 heavy (non-hydrogen) atoms. The highest BCUT2D eigenvalue weighted by Gasteiger charge is 2.29. The number of aliphatic carboxylic acids is 1. The minimum atomic E-state index is -1.04. The number of carboxylic acid groups (broad SMARTS) is 1. The molecule has 8 heteroatoms. The van der Waals surface area contributed by atoms with Crippen LogP contribution in [0.4, 0.5) is 4.79 Å². The van der Waals surface area contributed by atoms with Gasteiger partial charge in [-0.15, -0.1) is 0 Å². The molecule has 0 bridgehead atoms. The normalized spacial score (nSPS) is 17.1. The van der Waals surface area contributed by atoms with Crippen LogP contribution in [0.25, 0.3) is 11.1 Å². The molecule has 2 amide bonds. The van der Waals surface area contributed by atoms with Gasteiger partial charge < -0.3 is 24.8 Å². The van der Waals surface area contributed by atoms with Gasteiger partial charge in [-0.25, -0.2) is 9.59 Å². The maximum atomic E-state index is 12.3. The van der Waals surface area contributed by atoms with Crippen LogP contribution in [0.3, 0.4) is 0 Å². The second-order valence-electron chi connectivity index (χ2n) is 8.60. The zero-order valence-electron chi connectivity index (χ0n) is 19.1. The monoisotopic (exact) mass is 466 g/mol. The number of benzene rings is 2. The van der Waals surface area contributed by atoms with E-state index in [4.69, 9.17) is 14.6 Å². The highest BCUT2D eigenvalue weighted by molar-refractivity contribution is 5.79. The van der Waals surface area contributed by atoms with Gasteiger partial charge in [-0.1, -0.05) is 55.0 Å². The number of nitrogens with zero attached hydrogens (tertiary/aromatic N) is 1. The summed E-state index contributed by atoms with van der Waals surface area (Å²) in [6, 6.07) is 16.4. The van der Waals surface area contributed by atoms with Crippen molar-refractivity contribution in [2.45, 2.75) is 37.7 Å². The number of carbonyl (C=O) groups is 3. The van der Waals surface area contributed by atoms with Crippen molar-refractivity contribution in [3.8, 4) is 11.1 Å². The fourth-order valence-corrected chi connectivity index (χ4v) is 4.60. The van der Waals surface area contributed by atoms with Crippen LogP contribution in [0, 0.1) is 0 Å². The molecule has 0 aromatic heterocycles. The van der Waals surface area contributed by atoms with E-state index in [9.17, 15) is 14.4 Å². The predicted octanol–water partition coefficient (Wildman–Crippen LogP) is 3.40. The molecule has 1 aliphatic heterocycles. The van der Waals surface area contributed by atoms with Crippen molar-refractivity contribution in [1.82, 2.24) is 10.2 Å². The number of carbonyl (C=O) groups excluding carboxylic acids is 2. The first-order valence-corrected chi connectivity index (χ1v) is 11.8. The van der Waals surface area contributed by atoms with E-state index < -0.39 is 18.2 Å². The van der Waals surface area contributed by atoms with Gasteiger partial charge in [0.05, 0.1) is 13.2 Å². The first-order chi connectivity index (χ1) is 16.5. The predicted molar refractivity (Wildman–Crippen MR) is 125 cm³/mol. The average Bonchev–Trinajstić information content (AvgIpc) is 3.18. The summed E-state index contributed by atoms with van der Waals surface area (Å²) in [5.41, 5.74) is 4.74. The molecule has 2 aromatic carbocycles. The van der Waals surface area contributed by atoms with E-state index in [-0.39, 0.29) is 31.6 Å². The minimum Gasteiger partial charge on any atom is -0.479 e. The zero-order chi connectivity index (χ0) is 23.9. The van der Waals surface area contributed by atoms with Crippen LogP contribution in [0.1, 0.15) is 42.7 Å². The second-order valence-corrected chi connectivity index (χ2v) is 8.60. The third kappa shape index (κ3) is 5.56. The van der Waals surface area contributed by atoms with Crippen molar-refractivity contribution in [2.75, 3.05) is 32.8 Å². The van der Waals surface area contributed by atoms with Crippen LogP contribution < -0.4 is 5.32 Å². The van der Waals surface area contributed by atoms with Gasteiger partial charge in [-0.05, 0) is 35.1 Å². The van der Waals surface area contributed by atoms with Crippen molar-refractivity contribution in [2.24, 2.45) is 0 Å². The van der Waals surface area contributed by atoms with Gasteiger partial charge in [0.15, 0.2) is 6.10 Å². The smallest absolute Gasteiger partial charge is 0.407 e. The molecule has 1 saturated heterocycles. The molecule has 2 aromatic rings. The third-order valence-corrected chi connectivity index (χ3v) is 6.38. The van der Waals surface area contributed by atoms with E-state index in [0.717, 1.165) is 12.8 Å². The summed E-state index contributed by atoms with van der Waals surface area (Å²) < 4.78 is 10.7. The first-order valence-electron chi connectivity index (χ1n) is 11.8. The quantitative estimate of drug-likeness (QED) is 0.549. The fraction of sp³-hybridized carbons (Fsp3) is 0.423. The molecule has 1 fully saturated rings. The standard InChI is InChI=1S/C26H30N2O6/c29-24(28-14-15-33-23(16-28)25(30)31)12-2-1-7-13-27-26(32)34-17-22-20-10-5-3-8-18(20)19-9-4-6-11-21(19)22/h3-6,8-11,22-23H,1-2,7,12-17H2,(H,27,32)(H,30,31). The number of fused-ring (bicyclic) bond motifs is 3. The van der Waals surface area contributed by atoms with Crippen LogP contribution in [0.15, 0.2) is 48.5 Å². The molecule has 8 nitrogen and oxygen atoms in total. The highest BCUT2D eigenvalue weighted by atomic mass is 16.5. The Hall–Kier alpha value is -3.39. The van der Waals surface area contributed by atoms with Gasteiger partial charge >= 0.3 is 12.1 Å². The molecule has 2 aliphatic rings. The Bertz CT molecular complexity index is 994. The Morgan fingerprint density at radius 3 is 2.35 bits per heavy atom. The number of amides is 2. The molecule has 1 heterocycles. The van der Waals surface area contributed by atoms with Gasteiger partial charge in [-0.2, -0.15) is 0 Å². The Kier molecular flexibility index (Phi) is 7.80. The Morgan fingerprint density at radius 1 is 1.00 bits per heavy atom. The topological polar surface area (TPSA) is 105 Å². The molecular weight excluding hydrogens is 436 g/mol. The summed E-state index contributed by atoms with van der Waals surface area (Å²) in [5, 5.41) is 11.8. The lowest BCUT2D eigenvalue weighted by molar-refractivity contribution is -0.159. The number of morpholine rings is 1. The van der Waals surface area contributed by atoms with Gasteiger partial charge in [0, 0.05) is 25.4 Å². The lowest BCUT2D eigenvalue weighted by Gasteiger charge is -2.30. The molecule has 1 atom stereocenters. The summed E-state index contributed by atoms with van der Waals surface area (Å²) in [5.74, 6) is -1.07. The Balaban J connectivity index is 1.13. The van der Waals surface area contributed by atoms with Crippen LogP contribution in [0.2, 0.25) is 0 Å². The van der Waals surface area contributed by atoms with E-state index in [0.29, 0.717) is 25.9 Å².